The van der Waals surface area contributed by atoms with E-state index in [9.17, 15) is 24.1 Å². The Morgan fingerprint density at radius 2 is 2.20 bits per heavy atom. The van der Waals surface area contributed by atoms with Crippen molar-refractivity contribution in [2.75, 3.05) is 0 Å². The van der Waals surface area contributed by atoms with Crippen molar-refractivity contribution >= 4 is 23.0 Å². The van der Waals surface area contributed by atoms with Gasteiger partial charge in [0.2, 0.25) is 5.82 Å². The van der Waals surface area contributed by atoms with E-state index in [0.29, 0.717) is 0 Å². The van der Waals surface area contributed by atoms with Crippen molar-refractivity contribution in [3.8, 4) is 11.3 Å². The average molecular weight is 298 g/mol. The van der Waals surface area contributed by atoms with Gasteiger partial charge < -0.3 is 5.11 Å². The lowest BCUT2D eigenvalue weighted by Crippen LogP contribution is -2.19. The third-order valence-corrected chi connectivity index (χ3v) is 3.28. The molecular formula is C11H7FN2O5S. The Hall–Kier alpha value is -2.55. The SMILES string of the molecule is O=C(O)Cn1c(-c2ccc(F)c([N+](=O)[O-])c2)csc1=O. The Labute approximate surface area is 114 Å². The second-order valence-corrected chi connectivity index (χ2v) is 4.61. The van der Waals surface area contributed by atoms with E-state index in [2.05, 4.69) is 0 Å². The molecule has 0 saturated heterocycles. The zero-order valence-electron chi connectivity index (χ0n) is 9.78. The van der Waals surface area contributed by atoms with Gasteiger partial charge in [-0.15, -0.1) is 0 Å². The first-order valence-electron chi connectivity index (χ1n) is 5.24. The zero-order chi connectivity index (χ0) is 14.9. The summed E-state index contributed by atoms with van der Waals surface area (Å²) in [5.41, 5.74) is -0.328. The zero-order valence-corrected chi connectivity index (χ0v) is 10.6. The van der Waals surface area contributed by atoms with Crippen LogP contribution in [0.15, 0.2) is 28.4 Å². The Balaban J connectivity index is 2.58. The summed E-state index contributed by atoms with van der Waals surface area (Å²) in [6.07, 6.45) is 0. The van der Waals surface area contributed by atoms with Gasteiger partial charge in [0.05, 0.1) is 10.6 Å². The van der Waals surface area contributed by atoms with E-state index < -0.39 is 33.8 Å². The number of nitrogens with zero attached hydrogens (tertiary/aromatic N) is 2. The summed E-state index contributed by atoms with van der Waals surface area (Å²) in [7, 11) is 0. The first kappa shape index (κ1) is 13.9. The minimum absolute atomic E-state index is 0.200. The van der Waals surface area contributed by atoms with Gasteiger partial charge in [-0.25, -0.2) is 0 Å². The summed E-state index contributed by atoms with van der Waals surface area (Å²) in [5.74, 6) is -2.22. The van der Waals surface area contributed by atoms with Gasteiger partial charge >= 0.3 is 16.5 Å². The molecule has 0 amide bonds. The molecule has 2 rings (SSSR count). The van der Waals surface area contributed by atoms with Gasteiger partial charge in [-0.05, 0) is 12.1 Å². The van der Waals surface area contributed by atoms with Crippen molar-refractivity contribution in [3.05, 3.63) is 49.2 Å². The number of nitro groups is 1. The third kappa shape index (κ3) is 2.57. The van der Waals surface area contributed by atoms with Crippen LogP contribution in [-0.2, 0) is 11.3 Å². The van der Waals surface area contributed by atoms with Crippen molar-refractivity contribution < 1.29 is 19.2 Å². The number of aliphatic carboxylic acids is 1. The van der Waals surface area contributed by atoms with Crippen LogP contribution in [0.3, 0.4) is 0 Å². The minimum atomic E-state index is -1.22. The fraction of sp³-hybridized carbons (Fsp3) is 0.0909. The van der Waals surface area contributed by atoms with Gasteiger partial charge in [-0.1, -0.05) is 11.3 Å². The summed E-state index contributed by atoms with van der Waals surface area (Å²) < 4.78 is 14.2. The first-order valence-corrected chi connectivity index (χ1v) is 6.12. The number of benzene rings is 1. The fourth-order valence-corrected chi connectivity index (χ4v) is 2.42. The van der Waals surface area contributed by atoms with Crippen molar-refractivity contribution in [1.29, 1.82) is 0 Å². The number of halogens is 1. The molecule has 104 valence electrons. The van der Waals surface area contributed by atoms with E-state index in [1.165, 1.54) is 11.4 Å². The summed E-state index contributed by atoms with van der Waals surface area (Å²) in [6.45, 7) is -0.567. The van der Waals surface area contributed by atoms with Crippen molar-refractivity contribution in [1.82, 2.24) is 4.57 Å². The van der Waals surface area contributed by atoms with Crippen molar-refractivity contribution in [3.63, 3.8) is 0 Å². The lowest BCUT2D eigenvalue weighted by molar-refractivity contribution is -0.387. The van der Waals surface area contributed by atoms with Crippen molar-refractivity contribution in [2.24, 2.45) is 0 Å². The van der Waals surface area contributed by atoms with Crippen molar-refractivity contribution in [2.45, 2.75) is 6.54 Å². The largest absolute Gasteiger partial charge is 0.480 e. The first-order chi connectivity index (χ1) is 9.40. The lowest BCUT2D eigenvalue weighted by Gasteiger charge is -2.05. The molecule has 2 aromatic rings. The topological polar surface area (TPSA) is 102 Å². The van der Waals surface area contributed by atoms with E-state index in [1.807, 2.05) is 0 Å². The third-order valence-electron chi connectivity index (χ3n) is 2.51. The predicted octanol–water partition coefficient (Wildman–Crippen LogP) is 1.71. The van der Waals surface area contributed by atoms with Gasteiger partial charge in [-0.3, -0.25) is 24.3 Å². The van der Waals surface area contributed by atoms with Gasteiger partial charge in [0.15, 0.2) is 0 Å². The highest BCUT2D eigenvalue weighted by Gasteiger charge is 2.18. The molecule has 7 nitrogen and oxygen atoms in total. The maximum absolute atomic E-state index is 13.3. The monoisotopic (exact) mass is 298 g/mol. The molecule has 0 aliphatic rings. The number of hydrogen-bond acceptors (Lipinski definition) is 5. The van der Waals surface area contributed by atoms with Crippen LogP contribution in [0.2, 0.25) is 0 Å². The maximum atomic E-state index is 13.3. The molecule has 0 unspecified atom stereocenters. The van der Waals surface area contributed by atoms with Crippen LogP contribution in [0, 0.1) is 15.9 Å². The Bertz CT molecular complexity index is 752. The average Bonchev–Trinajstić information content (AvgIpc) is 2.71. The van der Waals surface area contributed by atoms with Gasteiger partial charge in [0.25, 0.3) is 0 Å². The standard InChI is InChI=1S/C11H7FN2O5S/c12-7-2-1-6(3-8(7)14(18)19)9-5-20-11(17)13(9)4-10(15)16/h1-3,5H,4H2,(H,15,16). The van der Waals surface area contributed by atoms with Gasteiger partial charge in [0.1, 0.15) is 6.54 Å². The molecular weight excluding hydrogens is 291 g/mol. The highest BCUT2D eigenvalue weighted by Crippen LogP contribution is 2.26. The van der Waals surface area contributed by atoms with E-state index in [-0.39, 0.29) is 11.3 Å². The molecule has 0 atom stereocenters. The number of carbonyl (C=O) groups is 1. The van der Waals surface area contributed by atoms with Crippen LogP contribution in [0.5, 0.6) is 0 Å². The summed E-state index contributed by atoms with van der Waals surface area (Å²) in [6, 6.07) is 3.12. The van der Waals surface area contributed by atoms with Crippen LogP contribution < -0.4 is 4.87 Å². The van der Waals surface area contributed by atoms with Crippen LogP contribution in [0.25, 0.3) is 11.3 Å². The molecule has 0 aliphatic carbocycles. The van der Waals surface area contributed by atoms with E-state index in [0.717, 1.165) is 28.0 Å². The van der Waals surface area contributed by atoms with E-state index in [4.69, 9.17) is 5.11 Å². The highest BCUT2D eigenvalue weighted by molar-refractivity contribution is 7.07. The van der Waals surface area contributed by atoms with Gasteiger partial charge in [-0.2, -0.15) is 4.39 Å². The number of carboxylic acids is 1. The Kier molecular flexibility index (Phi) is 3.61. The number of rotatable bonds is 4. The van der Waals surface area contributed by atoms with Gasteiger partial charge in [0, 0.05) is 17.0 Å². The van der Waals surface area contributed by atoms with E-state index >= 15 is 0 Å². The molecule has 0 spiro atoms. The summed E-state index contributed by atoms with van der Waals surface area (Å²) in [4.78, 5) is 31.5. The molecule has 1 aromatic carbocycles. The lowest BCUT2D eigenvalue weighted by atomic mass is 10.1. The summed E-state index contributed by atoms with van der Waals surface area (Å²) >= 11 is 0.767. The number of hydrogen-bond donors (Lipinski definition) is 1. The molecule has 0 saturated carbocycles. The molecule has 0 radical (unpaired) electrons. The highest BCUT2D eigenvalue weighted by atomic mass is 32.1. The summed E-state index contributed by atoms with van der Waals surface area (Å²) in [5, 5.41) is 20.8. The number of carboxylic acid groups (broad SMARTS) is 1. The van der Waals surface area contributed by atoms with Crippen LogP contribution in [0.4, 0.5) is 10.1 Å². The molecule has 1 N–H and O–H groups in total. The van der Waals surface area contributed by atoms with Crippen LogP contribution >= 0.6 is 11.3 Å². The molecule has 20 heavy (non-hydrogen) atoms. The quantitative estimate of drug-likeness (QED) is 0.683. The second kappa shape index (κ2) is 5.21. The predicted molar refractivity (Wildman–Crippen MR) is 68.3 cm³/mol. The number of nitro benzene ring substituents is 1. The normalized spacial score (nSPS) is 10.4. The fourth-order valence-electron chi connectivity index (χ4n) is 1.65. The van der Waals surface area contributed by atoms with E-state index in [1.54, 1.807) is 0 Å². The minimum Gasteiger partial charge on any atom is -0.480 e. The number of aromatic nitrogens is 1. The van der Waals surface area contributed by atoms with Crippen LogP contribution in [-0.4, -0.2) is 20.6 Å². The second-order valence-electron chi connectivity index (χ2n) is 3.79. The Morgan fingerprint density at radius 3 is 2.80 bits per heavy atom. The number of thiazole rings is 1. The molecule has 0 aliphatic heterocycles. The van der Waals surface area contributed by atoms with Crippen LogP contribution in [0.1, 0.15) is 0 Å². The molecule has 0 bridgehead atoms. The Morgan fingerprint density at radius 1 is 1.50 bits per heavy atom. The molecule has 1 aromatic heterocycles. The maximum Gasteiger partial charge on any atom is 0.323 e. The smallest absolute Gasteiger partial charge is 0.323 e. The molecule has 9 heteroatoms. The molecule has 0 fully saturated rings. The molecule has 1 heterocycles.